The third-order valence-electron chi connectivity index (χ3n) is 2.70. The summed E-state index contributed by atoms with van der Waals surface area (Å²) in [5.74, 6) is 0.0380. The van der Waals surface area contributed by atoms with E-state index in [9.17, 15) is 4.79 Å². The molecule has 1 aromatic rings. The van der Waals surface area contributed by atoms with Crippen molar-refractivity contribution in [2.24, 2.45) is 5.92 Å². The molecule has 1 aromatic heterocycles. The molecular formula is C11H11BrCl2N2O2. The van der Waals surface area contributed by atoms with Crippen LogP contribution in [0.1, 0.15) is 16.9 Å². The standard InChI is InChI=1S/C11H11BrCl2N2O2/c1-18-11(17)8-3-7(9(13)10(14)16-8)15-4-5-2-6(5)12/h3,5-6H,2,4H2,1H3,(H,15,16). The summed E-state index contributed by atoms with van der Waals surface area (Å²) in [6, 6.07) is 1.55. The van der Waals surface area contributed by atoms with Gasteiger partial charge >= 0.3 is 5.97 Å². The molecule has 0 bridgehead atoms. The molecule has 0 spiro atoms. The summed E-state index contributed by atoms with van der Waals surface area (Å²) in [5.41, 5.74) is 0.740. The smallest absolute Gasteiger partial charge is 0.356 e. The number of aromatic nitrogens is 1. The van der Waals surface area contributed by atoms with Crippen LogP contribution < -0.4 is 5.32 Å². The lowest BCUT2D eigenvalue weighted by Crippen LogP contribution is -2.09. The maximum absolute atomic E-state index is 11.4. The molecule has 1 heterocycles. The van der Waals surface area contributed by atoms with Crippen LogP contribution in [0.2, 0.25) is 10.2 Å². The van der Waals surface area contributed by atoms with E-state index in [2.05, 4.69) is 31.0 Å². The van der Waals surface area contributed by atoms with Crippen LogP contribution in [-0.4, -0.2) is 29.4 Å². The van der Waals surface area contributed by atoms with Gasteiger partial charge in [0, 0.05) is 11.4 Å². The highest BCUT2D eigenvalue weighted by Gasteiger charge is 2.34. The molecule has 18 heavy (non-hydrogen) atoms. The SMILES string of the molecule is COC(=O)c1cc(NCC2CC2Br)c(Cl)c(Cl)n1. The summed E-state index contributed by atoms with van der Waals surface area (Å²) in [7, 11) is 1.29. The monoisotopic (exact) mass is 352 g/mol. The minimum absolute atomic E-state index is 0.0910. The molecule has 1 aliphatic carbocycles. The van der Waals surface area contributed by atoms with Gasteiger partial charge < -0.3 is 10.1 Å². The average molecular weight is 354 g/mol. The van der Waals surface area contributed by atoms with Gasteiger partial charge in [0.25, 0.3) is 0 Å². The number of esters is 1. The van der Waals surface area contributed by atoms with Crippen LogP contribution in [0.4, 0.5) is 5.69 Å². The van der Waals surface area contributed by atoms with Crippen molar-refractivity contribution in [1.29, 1.82) is 0 Å². The predicted molar refractivity (Wildman–Crippen MR) is 74.9 cm³/mol. The van der Waals surface area contributed by atoms with E-state index in [0.717, 1.165) is 13.0 Å². The summed E-state index contributed by atoms with van der Waals surface area (Å²) in [6.45, 7) is 0.774. The van der Waals surface area contributed by atoms with Crippen molar-refractivity contribution >= 4 is 50.8 Å². The topological polar surface area (TPSA) is 51.2 Å². The fourth-order valence-corrected chi connectivity index (χ4v) is 2.52. The Morgan fingerprint density at radius 2 is 2.33 bits per heavy atom. The van der Waals surface area contributed by atoms with Gasteiger partial charge in [-0.25, -0.2) is 9.78 Å². The quantitative estimate of drug-likeness (QED) is 0.512. The average Bonchev–Trinajstić information content (AvgIpc) is 3.06. The van der Waals surface area contributed by atoms with Crippen molar-refractivity contribution in [3.05, 3.63) is 21.9 Å². The van der Waals surface area contributed by atoms with Crippen LogP contribution in [0.25, 0.3) is 0 Å². The van der Waals surface area contributed by atoms with Gasteiger partial charge in [-0.2, -0.15) is 0 Å². The number of methoxy groups -OCH3 is 1. The van der Waals surface area contributed by atoms with Crippen LogP contribution in [0.15, 0.2) is 6.07 Å². The third-order valence-corrected chi connectivity index (χ3v) is 4.58. The van der Waals surface area contributed by atoms with E-state index in [1.165, 1.54) is 7.11 Å². The van der Waals surface area contributed by atoms with Gasteiger partial charge in [-0.05, 0) is 18.4 Å². The first-order valence-electron chi connectivity index (χ1n) is 5.35. The zero-order valence-corrected chi connectivity index (χ0v) is 12.6. The Morgan fingerprint density at radius 1 is 1.67 bits per heavy atom. The summed E-state index contributed by atoms with van der Waals surface area (Å²) in [6.07, 6.45) is 1.13. The highest BCUT2D eigenvalue weighted by molar-refractivity contribution is 9.09. The summed E-state index contributed by atoms with van der Waals surface area (Å²) in [4.78, 5) is 15.8. The van der Waals surface area contributed by atoms with E-state index in [-0.39, 0.29) is 10.8 Å². The predicted octanol–water partition coefficient (Wildman–Crippen LogP) is 3.37. The van der Waals surface area contributed by atoms with E-state index < -0.39 is 5.97 Å². The minimum atomic E-state index is -0.540. The van der Waals surface area contributed by atoms with Gasteiger partial charge in [0.1, 0.15) is 5.02 Å². The number of halogens is 3. The first-order valence-corrected chi connectivity index (χ1v) is 7.02. The van der Waals surface area contributed by atoms with E-state index in [1.54, 1.807) is 6.07 Å². The lowest BCUT2D eigenvalue weighted by atomic mass is 10.3. The fourth-order valence-electron chi connectivity index (χ4n) is 1.50. The summed E-state index contributed by atoms with van der Waals surface area (Å²) >= 11 is 15.4. The molecule has 1 aliphatic rings. The summed E-state index contributed by atoms with van der Waals surface area (Å²) in [5, 5.41) is 3.58. The molecular weight excluding hydrogens is 343 g/mol. The van der Waals surface area contributed by atoms with Gasteiger partial charge in [-0.1, -0.05) is 39.1 Å². The first-order chi connectivity index (χ1) is 8.52. The Bertz CT molecular complexity index is 484. The number of hydrogen-bond donors (Lipinski definition) is 1. The second-order valence-electron chi connectivity index (χ2n) is 4.04. The van der Waals surface area contributed by atoms with E-state index in [4.69, 9.17) is 23.2 Å². The molecule has 1 saturated carbocycles. The number of hydrogen-bond acceptors (Lipinski definition) is 4. The molecule has 98 valence electrons. The molecule has 0 amide bonds. The van der Waals surface area contributed by atoms with Crippen LogP contribution in [-0.2, 0) is 4.74 Å². The fraction of sp³-hybridized carbons (Fsp3) is 0.455. The molecule has 1 fully saturated rings. The van der Waals surface area contributed by atoms with Gasteiger partial charge in [-0.15, -0.1) is 0 Å². The maximum atomic E-state index is 11.4. The zero-order chi connectivity index (χ0) is 13.3. The number of carbonyl (C=O) groups is 1. The van der Waals surface area contributed by atoms with Crippen LogP contribution in [0.5, 0.6) is 0 Å². The number of carbonyl (C=O) groups excluding carboxylic acids is 1. The van der Waals surface area contributed by atoms with Crippen molar-refractivity contribution < 1.29 is 9.53 Å². The third kappa shape index (κ3) is 3.08. The second kappa shape index (κ2) is 5.63. The largest absolute Gasteiger partial charge is 0.464 e. The Hall–Kier alpha value is -0.520. The van der Waals surface area contributed by atoms with Gasteiger partial charge in [-0.3, -0.25) is 0 Å². The molecule has 1 N–H and O–H groups in total. The lowest BCUT2D eigenvalue weighted by Gasteiger charge is -2.10. The van der Waals surface area contributed by atoms with Crippen molar-refractivity contribution in [2.45, 2.75) is 11.2 Å². The van der Waals surface area contributed by atoms with Crippen LogP contribution in [0.3, 0.4) is 0 Å². The maximum Gasteiger partial charge on any atom is 0.356 e. The summed E-state index contributed by atoms with van der Waals surface area (Å²) < 4.78 is 4.60. The number of nitrogens with one attached hydrogen (secondary N) is 1. The van der Waals surface area contributed by atoms with Crippen LogP contribution in [0, 0.1) is 5.92 Å². The normalized spacial score (nSPS) is 21.6. The number of alkyl halides is 1. The van der Waals surface area contributed by atoms with E-state index in [0.29, 0.717) is 21.5 Å². The molecule has 7 heteroatoms. The van der Waals surface area contributed by atoms with Crippen molar-refractivity contribution in [1.82, 2.24) is 4.98 Å². The number of rotatable bonds is 4. The first kappa shape index (κ1) is 13.9. The number of pyridine rings is 1. The van der Waals surface area contributed by atoms with Crippen molar-refractivity contribution in [3.63, 3.8) is 0 Å². The molecule has 2 rings (SSSR count). The molecule has 0 aromatic carbocycles. The minimum Gasteiger partial charge on any atom is -0.464 e. The number of ether oxygens (including phenoxy) is 1. The molecule has 0 radical (unpaired) electrons. The highest BCUT2D eigenvalue weighted by Crippen LogP contribution is 2.38. The van der Waals surface area contributed by atoms with Crippen molar-refractivity contribution in [2.75, 3.05) is 19.0 Å². The van der Waals surface area contributed by atoms with Gasteiger partial charge in [0.2, 0.25) is 0 Å². The Labute approximate surface area is 123 Å². The highest BCUT2D eigenvalue weighted by atomic mass is 79.9. The van der Waals surface area contributed by atoms with Gasteiger partial charge in [0.05, 0.1) is 12.8 Å². The van der Waals surface area contributed by atoms with Gasteiger partial charge in [0.15, 0.2) is 10.8 Å². The molecule has 0 saturated heterocycles. The number of anilines is 1. The Morgan fingerprint density at radius 3 is 2.89 bits per heavy atom. The molecule has 0 aliphatic heterocycles. The Kier molecular flexibility index (Phi) is 4.35. The van der Waals surface area contributed by atoms with E-state index in [1.807, 2.05) is 0 Å². The molecule has 2 atom stereocenters. The van der Waals surface area contributed by atoms with Crippen LogP contribution >= 0.6 is 39.1 Å². The van der Waals surface area contributed by atoms with Crippen molar-refractivity contribution in [3.8, 4) is 0 Å². The number of nitrogens with zero attached hydrogens (tertiary/aromatic N) is 1. The molecule has 2 unspecified atom stereocenters. The Balaban J connectivity index is 2.16. The zero-order valence-electron chi connectivity index (χ0n) is 9.54. The second-order valence-corrected chi connectivity index (χ2v) is 5.96. The molecule has 4 nitrogen and oxygen atoms in total. The lowest BCUT2D eigenvalue weighted by molar-refractivity contribution is 0.0594. The van der Waals surface area contributed by atoms with E-state index >= 15 is 0 Å².